The first-order chi connectivity index (χ1) is 10.5. The second kappa shape index (κ2) is 7.04. The fourth-order valence-corrected chi connectivity index (χ4v) is 3.10. The molecule has 0 aliphatic rings. The highest BCUT2D eigenvalue weighted by molar-refractivity contribution is 7.90. The first kappa shape index (κ1) is 16.0. The Morgan fingerprint density at radius 1 is 1.05 bits per heavy atom. The Hall–Kier alpha value is -2.40. The normalized spacial score (nSPS) is 12.4. The van der Waals surface area contributed by atoms with E-state index < -0.39 is 15.9 Å². The number of hydrogen-bond acceptors (Lipinski definition) is 3. The Bertz CT molecular complexity index is 740. The molecule has 0 unspecified atom stereocenters. The summed E-state index contributed by atoms with van der Waals surface area (Å²) in [4.78, 5) is 12.1. The summed E-state index contributed by atoms with van der Waals surface area (Å²) in [6, 6.07) is 17.2. The molecule has 0 saturated heterocycles. The van der Waals surface area contributed by atoms with Gasteiger partial charge in [0.15, 0.2) is 0 Å². The maximum Gasteiger partial charge on any atom is 0.264 e. The second-order valence-electron chi connectivity index (χ2n) is 4.80. The summed E-state index contributed by atoms with van der Waals surface area (Å²) in [5, 5.41) is 0. The summed E-state index contributed by atoms with van der Waals surface area (Å²) in [7, 11) is -3.83. The van der Waals surface area contributed by atoms with Crippen LogP contribution in [-0.4, -0.2) is 14.3 Å². The maximum atomic E-state index is 12.1. The third kappa shape index (κ3) is 4.05. The summed E-state index contributed by atoms with van der Waals surface area (Å²) in [6.07, 6.45) is 1.67. The Morgan fingerprint density at radius 3 is 2.14 bits per heavy atom. The van der Waals surface area contributed by atoms with Crippen molar-refractivity contribution in [3.63, 3.8) is 0 Å². The fourth-order valence-electron chi connectivity index (χ4n) is 2.09. The number of nitrogens with one attached hydrogen (secondary N) is 1. The van der Waals surface area contributed by atoms with E-state index in [1.807, 2.05) is 30.3 Å². The molecule has 0 spiro atoms. The van der Waals surface area contributed by atoms with Crippen molar-refractivity contribution in [1.82, 2.24) is 4.72 Å². The number of sulfonamides is 1. The smallest absolute Gasteiger partial charge is 0.264 e. The van der Waals surface area contributed by atoms with Gasteiger partial charge in [0, 0.05) is 12.3 Å². The number of rotatable bonds is 6. The monoisotopic (exact) mass is 315 g/mol. The largest absolute Gasteiger partial charge is 0.274 e. The third-order valence-electron chi connectivity index (χ3n) is 3.22. The predicted molar refractivity (Wildman–Crippen MR) is 85.8 cm³/mol. The molecule has 0 bridgehead atoms. The molecular formula is C17H17NO3S. The van der Waals surface area contributed by atoms with Crippen molar-refractivity contribution in [2.24, 2.45) is 0 Å². The summed E-state index contributed by atoms with van der Waals surface area (Å²) in [6.45, 7) is 3.72. The van der Waals surface area contributed by atoms with E-state index in [0.717, 1.165) is 5.56 Å². The Morgan fingerprint density at radius 2 is 1.59 bits per heavy atom. The molecule has 2 aromatic rings. The van der Waals surface area contributed by atoms with E-state index in [2.05, 4.69) is 11.3 Å². The number of benzene rings is 2. The molecule has 1 amide bonds. The van der Waals surface area contributed by atoms with Crippen LogP contribution in [0.25, 0.3) is 0 Å². The van der Waals surface area contributed by atoms with Crippen molar-refractivity contribution >= 4 is 15.9 Å². The predicted octanol–water partition coefficient (Wildman–Crippen LogP) is 2.85. The lowest BCUT2D eigenvalue weighted by molar-refractivity contribution is -0.119. The van der Waals surface area contributed by atoms with Crippen LogP contribution in [-0.2, 0) is 14.8 Å². The van der Waals surface area contributed by atoms with Crippen LogP contribution in [0.2, 0.25) is 0 Å². The molecular weight excluding hydrogens is 298 g/mol. The van der Waals surface area contributed by atoms with Gasteiger partial charge in [0.25, 0.3) is 10.0 Å². The van der Waals surface area contributed by atoms with E-state index in [9.17, 15) is 13.2 Å². The molecule has 1 atom stereocenters. The molecule has 114 valence electrons. The zero-order valence-electron chi connectivity index (χ0n) is 12.0. The lowest BCUT2D eigenvalue weighted by atomic mass is 9.96. The van der Waals surface area contributed by atoms with Gasteiger partial charge in [0.1, 0.15) is 0 Å². The van der Waals surface area contributed by atoms with E-state index >= 15 is 0 Å². The summed E-state index contributed by atoms with van der Waals surface area (Å²) in [5.41, 5.74) is 0.921. The van der Waals surface area contributed by atoms with Crippen molar-refractivity contribution in [3.05, 3.63) is 78.9 Å². The molecule has 2 rings (SSSR count). The summed E-state index contributed by atoms with van der Waals surface area (Å²) < 4.78 is 26.3. The van der Waals surface area contributed by atoms with Crippen LogP contribution in [0.1, 0.15) is 17.9 Å². The van der Waals surface area contributed by atoms with Gasteiger partial charge in [-0.1, -0.05) is 54.6 Å². The van der Waals surface area contributed by atoms with Crippen molar-refractivity contribution in [2.45, 2.75) is 17.2 Å². The number of amides is 1. The average molecular weight is 315 g/mol. The minimum absolute atomic E-state index is 0.0274. The lowest BCUT2D eigenvalue weighted by Crippen LogP contribution is -2.31. The minimum Gasteiger partial charge on any atom is -0.274 e. The van der Waals surface area contributed by atoms with Crippen LogP contribution in [0.5, 0.6) is 0 Å². The third-order valence-corrected chi connectivity index (χ3v) is 4.61. The van der Waals surface area contributed by atoms with Gasteiger partial charge in [-0.05, 0) is 17.7 Å². The quantitative estimate of drug-likeness (QED) is 0.834. The van der Waals surface area contributed by atoms with Crippen LogP contribution in [0, 0.1) is 0 Å². The molecule has 5 heteroatoms. The van der Waals surface area contributed by atoms with Gasteiger partial charge in [-0.2, -0.15) is 0 Å². The molecule has 0 aliphatic heterocycles. The minimum atomic E-state index is -3.83. The van der Waals surface area contributed by atoms with Gasteiger partial charge < -0.3 is 0 Å². The molecule has 2 aromatic carbocycles. The second-order valence-corrected chi connectivity index (χ2v) is 6.48. The molecule has 0 aliphatic carbocycles. The van der Waals surface area contributed by atoms with Crippen molar-refractivity contribution in [2.75, 3.05) is 0 Å². The van der Waals surface area contributed by atoms with Crippen LogP contribution in [0.15, 0.2) is 78.2 Å². The molecule has 1 N–H and O–H groups in total. The summed E-state index contributed by atoms with van der Waals surface area (Å²) >= 11 is 0. The standard InChI is InChI=1S/C17H17NO3S/c1-2-14(15-9-5-3-6-10-15)13-17(19)18-22(20,21)16-11-7-4-8-12-16/h2-12,14H,1,13H2,(H,18,19)/t14-/m1/s1. The highest BCUT2D eigenvalue weighted by atomic mass is 32.2. The highest BCUT2D eigenvalue weighted by Crippen LogP contribution is 2.20. The van der Waals surface area contributed by atoms with Gasteiger partial charge >= 0.3 is 0 Å². The molecule has 0 saturated carbocycles. The van der Waals surface area contributed by atoms with Gasteiger partial charge in [-0.3, -0.25) is 4.79 Å². The number of hydrogen-bond donors (Lipinski definition) is 1. The maximum absolute atomic E-state index is 12.1. The SMILES string of the molecule is C=C[C@H](CC(=O)NS(=O)(=O)c1ccccc1)c1ccccc1. The lowest BCUT2D eigenvalue weighted by Gasteiger charge is -2.13. The number of carbonyl (C=O) groups is 1. The average Bonchev–Trinajstić information content (AvgIpc) is 2.54. The van der Waals surface area contributed by atoms with Crippen LogP contribution >= 0.6 is 0 Å². The number of carbonyl (C=O) groups excluding carboxylic acids is 1. The van der Waals surface area contributed by atoms with Crippen molar-refractivity contribution in [3.8, 4) is 0 Å². The van der Waals surface area contributed by atoms with Crippen LogP contribution < -0.4 is 4.72 Å². The molecule has 22 heavy (non-hydrogen) atoms. The van der Waals surface area contributed by atoms with E-state index in [0.29, 0.717) is 0 Å². The highest BCUT2D eigenvalue weighted by Gasteiger charge is 2.19. The van der Waals surface area contributed by atoms with E-state index in [1.54, 1.807) is 24.3 Å². The Kier molecular flexibility index (Phi) is 5.12. The van der Waals surface area contributed by atoms with Crippen molar-refractivity contribution in [1.29, 1.82) is 0 Å². The first-order valence-electron chi connectivity index (χ1n) is 6.81. The first-order valence-corrected chi connectivity index (χ1v) is 8.29. The van der Waals surface area contributed by atoms with Gasteiger partial charge in [0.05, 0.1) is 4.90 Å². The van der Waals surface area contributed by atoms with Gasteiger partial charge in [-0.25, -0.2) is 13.1 Å². The Labute approximate surface area is 130 Å². The van der Waals surface area contributed by atoms with Crippen LogP contribution in [0.3, 0.4) is 0 Å². The molecule has 0 aromatic heterocycles. The summed E-state index contributed by atoms with van der Waals surface area (Å²) in [5.74, 6) is -0.787. The fraction of sp³-hybridized carbons (Fsp3) is 0.118. The van der Waals surface area contributed by atoms with E-state index in [-0.39, 0.29) is 17.2 Å². The molecule has 4 nitrogen and oxygen atoms in total. The zero-order chi connectivity index (χ0) is 16.0. The number of allylic oxidation sites excluding steroid dienone is 1. The topological polar surface area (TPSA) is 63.2 Å². The zero-order valence-corrected chi connectivity index (χ0v) is 12.8. The molecule has 0 fully saturated rings. The van der Waals surface area contributed by atoms with E-state index in [1.165, 1.54) is 12.1 Å². The Balaban J connectivity index is 2.08. The molecule has 0 heterocycles. The molecule has 0 radical (unpaired) electrons. The van der Waals surface area contributed by atoms with Gasteiger partial charge in [0.2, 0.25) is 5.91 Å². The van der Waals surface area contributed by atoms with Crippen molar-refractivity contribution < 1.29 is 13.2 Å². The van der Waals surface area contributed by atoms with E-state index in [4.69, 9.17) is 0 Å². The van der Waals surface area contributed by atoms with Gasteiger partial charge in [-0.15, -0.1) is 6.58 Å². The van der Waals surface area contributed by atoms with Crippen LogP contribution in [0.4, 0.5) is 0 Å².